The molecule has 0 saturated heterocycles. The van der Waals surface area contributed by atoms with Crippen molar-refractivity contribution in [3.63, 3.8) is 0 Å². The molecule has 1 aromatic carbocycles. The molecule has 2 nitrogen and oxygen atoms in total. The van der Waals surface area contributed by atoms with E-state index in [1.807, 2.05) is 36.2 Å². The monoisotopic (exact) mass is 150 g/mol. The van der Waals surface area contributed by atoms with Crippen LogP contribution in [-0.4, -0.2) is 25.3 Å². The molecule has 0 aliphatic rings. The van der Waals surface area contributed by atoms with Crippen molar-refractivity contribution in [1.29, 1.82) is 0 Å². The minimum absolute atomic E-state index is 0.180. The summed E-state index contributed by atoms with van der Waals surface area (Å²) in [6, 6.07) is 10.8. The Morgan fingerprint density at radius 3 is 2.91 bits per heavy atom. The fourth-order valence-corrected chi connectivity index (χ4v) is 0.892. The molecule has 0 heterocycles. The lowest BCUT2D eigenvalue weighted by atomic mass is 10.3. The fourth-order valence-electron chi connectivity index (χ4n) is 0.892. The maximum atomic E-state index is 8.64. The molecule has 2 heteroatoms. The van der Waals surface area contributed by atoms with E-state index in [9.17, 15) is 0 Å². The van der Waals surface area contributed by atoms with Crippen LogP contribution in [0.5, 0.6) is 0 Å². The minimum atomic E-state index is 0.180. The highest BCUT2D eigenvalue weighted by Crippen LogP contribution is 2.08. The second-order valence-electron chi connectivity index (χ2n) is 2.39. The van der Waals surface area contributed by atoms with Crippen molar-refractivity contribution in [2.75, 3.05) is 25.1 Å². The van der Waals surface area contributed by atoms with E-state index >= 15 is 0 Å². The summed E-state index contributed by atoms with van der Waals surface area (Å²) in [5.41, 5.74) is 1.02. The molecule has 0 aromatic heterocycles. The summed E-state index contributed by atoms with van der Waals surface area (Å²) in [6.45, 7) is 0.833. The Balaban J connectivity index is 2.61. The number of para-hydroxylation sites is 1. The second kappa shape index (κ2) is 3.98. The summed E-state index contributed by atoms with van der Waals surface area (Å²) < 4.78 is 0. The lowest BCUT2D eigenvalue weighted by Gasteiger charge is -2.16. The van der Waals surface area contributed by atoms with Gasteiger partial charge in [-0.1, -0.05) is 18.2 Å². The van der Waals surface area contributed by atoms with Gasteiger partial charge in [0, 0.05) is 25.3 Å². The largest absolute Gasteiger partial charge is 0.395 e. The Kier molecular flexibility index (Phi) is 2.93. The van der Waals surface area contributed by atoms with Crippen LogP contribution >= 0.6 is 0 Å². The summed E-state index contributed by atoms with van der Waals surface area (Å²) in [5.74, 6) is 0. The molecule has 0 aliphatic heterocycles. The molecule has 0 saturated carbocycles. The standard InChI is InChI=1S/C9H12NO/c1-10(7-8-11)9-5-3-2-4-6-9/h2-5,11H,7-8H2,1H3. The molecule has 1 radical (unpaired) electrons. The first-order valence-electron chi connectivity index (χ1n) is 3.63. The van der Waals surface area contributed by atoms with E-state index in [0.29, 0.717) is 6.54 Å². The Labute approximate surface area is 67.1 Å². The van der Waals surface area contributed by atoms with Gasteiger partial charge in [-0.2, -0.15) is 0 Å². The molecule has 59 valence electrons. The maximum Gasteiger partial charge on any atom is 0.0606 e. The first-order valence-corrected chi connectivity index (χ1v) is 3.63. The summed E-state index contributed by atoms with van der Waals surface area (Å²) >= 11 is 0. The maximum absolute atomic E-state index is 8.64. The predicted octanol–water partition coefficient (Wildman–Crippen LogP) is 0.915. The van der Waals surface area contributed by atoms with Crippen LogP contribution in [-0.2, 0) is 0 Å². The van der Waals surface area contributed by atoms with E-state index in [-0.39, 0.29) is 6.61 Å². The van der Waals surface area contributed by atoms with Crippen LogP contribution in [0, 0.1) is 6.07 Å². The molecule has 0 bridgehead atoms. The zero-order chi connectivity index (χ0) is 8.10. The average molecular weight is 150 g/mol. The summed E-state index contributed by atoms with van der Waals surface area (Å²) in [7, 11) is 1.93. The number of likely N-dealkylation sites (N-methyl/N-ethyl adjacent to an activating group) is 1. The second-order valence-corrected chi connectivity index (χ2v) is 2.39. The number of rotatable bonds is 3. The van der Waals surface area contributed by atoms with Gasteiger partial charge in [0.2, 0.25) is 0 Å². The van der Waals surface area contributed by atoms with Crippen LogP contribution in [0.4, 0.5) is 5.69 Å². The van der Waals surface area contributed by atoms with E-state index in [0.717, 1.165) is 5.69 Å². The SMILES string of the molecule is CN(CCO)c1[c]cccc1. The van der Waals surface area contributed by atoms with Gasteiger partial charge >= 0.3 is 0 Å². The van der Waals surface area contributed by atoms with E-state index in [1.165, 1.54) is 0 Å². The third kappa shape index (κ3) is 2.24. The predicted molar refractivity (Wildman–Crippen MR) is 45.6 cm³/mol. The third-order valence-electron chi connectivity index (χ3n) is 1.54. The summed E-state index contributed by atoms with van der Waals surface area (Å²) in [6.07, 6.45) is 0. The number of aliphatic hydroxyl groups excluding tert-OH is 1. The molecule has 0 fully saturated rings. The number of aliphatic hydroxyl groups is 1. The number of nitrogens with zero attached hydrogens (tertiary/aromatic N) is 1. The number of hydrogen-bond acceptors (Lipinski definition) is 2. The third-order valence-corrected chi connectivity index (χ3v) is 1.54. The van der Waals surface area contributed by atoms with Gasteiger partial charge in [-0.25, -0.2) is 0 Å². The van der Waals surface area contributed by atoms with Crippen molar-refractivity contribution >= 4 is 5.69 Å². The Morgan fingerprint density at radius 1 is 1.55 bits per heavy atom. The topological polar surface area (TPSA) is 23.5 Å². The van der Waals surface area contributed by atoms with Gasteiger partial charge in [-0.05, 0) is 6.07 Å². The zero-order valence-corrected chi connectivity index (χ0v) is 6.62. The van der Waals surface area contributed by atoms with Gasteiger partial charge in [-0.15, -0.1) is 0 Å². The highest BCUT2D eigenvalue weighted by molar-refractivity contribution is 5.43. The van der Waals surface area contributed by atoms with Gasteiger partial charge in [0.1, 0.15) is 0 Å². The fraction of sp³-hybridized carbons (Fsp3) is 0.333. The highest BCUT2D eigenvalue weighted by atomic mass is 16.3. The van der Waals surface area contributed by atoms with E-state index in [1.54, 1.807) is 0 Å². The molecule has 0 amide bonds. The van der Waals surface area contributed by atoms with Crippen molar-refractivity contribution in [2.24, 2.45) is 0 Å². The molecule has 1 aromatic rings. The van der Waals surface area contributed by atoms with Gasteiger partial charge in [0.15, 0.2) is 0 Å². The van der Waals surface area contributed by atoms with Crippen LogP contribution in [0.3, 0.4) is 0 Å². The Morgan fingerprint density at radius 2 is 2.36 bits per heavy atom. The number of hydrogen-bond donors (Lipinski definition) is 1. The van der Waals surface area contributed by atoms with Crippen molar-refractivity contribution in [1.82, 2.24) is 0 Å². The molecule has 0 unspecified atom stereocenters. The summed E-state index contributed by atoms with van der Waals surface area (Å²) in [4.78, 5) is 1.96. The number of anilines is 1. The molecular weight excluding hydrogens is 138 g/mol. The van der Waals surface area contributed by atoms with Crippen LogP contribution < -0.4 is 4.90 Å². The van der Waals surface area contributed by atoms with E-state index in [4.69, 9.17) is 5.11 Å². The average Bonchev–Trinajstić information content (AvgIpc) is 2.07. The number of benzene rings is 1. The first-order chi connectivity index (χ1) is 5.34. The van der Waals surface area contributed by atoms with Gasteiger partial charge in [-0.3, -0.25) is 0 Å². The minimum Gasteiger partial charge on any atom is -0.395 e. The zero-order valence-electron chi connectivity index (χ0n) is 6.62. The van der Waals surface area contributed by atoms with Crippen molar-refractivity contribution in [3.05, 3.63) is 30.3 Å². The van der Waals surface area contributed by atoms with E-state index < -0.39 is 0 Å². The summed E-state index contributed by atoms with van der Waals surface area (Å²) in [5, 5.41) is 8.64. The highest BCUT2D eigenvalue weighted by Gasteiger charge is 1.96. The van der Waals surface area contributed by atoms with Gasteiger partial charge in [0.05, 0.1) is 6.61 Å². The molecule has 0 aliphatic carbocycles. The quantitative estimate of drug-likeness (QED) is 0.692. The molecule has 0 atom stereocenters. The Bertz CT molecular complexity index is 198. The van der Waals surface area contributed by atoms with Crippen molar-refractivity contribution in [3.8, 4) is 0 Å². The van der Waals surface area contributed by atoms with Crippen LogP contribution in [0.15, 0.2) is 24.3 Å². The lowest BCUT2D eigenvalue weighted by molar-refractivity contribution is 0.304. The van der Waals surface area contributed by atoms with Crippen molar-refractivity contribution in [2.45, 2.75) is 0 Å². The normalized spacial score (nSPS) is 9.64. The molecule has 1 N–H and O–H groups in total. The van der Waals surface area contributed by atoms with Crippen LogP contribution in [0.2, 0.25) is 0 Å². The molecule has 1 rings (SSSR count). The molecule has 11 heavy (non-hydrogen) atoms. The first kappa shape index (κ1) is 8.08. The lowest BCUT2D eigenvalue weighted by Crippen LogP contribution is -2.20. The van der Waals surface area contributed by atoms with E-state index in [2.05, 4.69) is 6.07 Å². The van der Waals surface area contributed by atoms with Crippen molar-refractivity contribution < 1.29 is 5.11 Å². The van der Waals surface area contributed by atoms with Gasteiger partial charge in [0.25, 0.3) is 0 Å². The van der Waals surface area contributed by atoms with Crippen LogP contribution in [0.25, 0.3) is 0 Å². The molecule has 0 spiro atoms. The Hall–Kier alpha value is -1.02. The molecular formula is C9H12NO. The van der Waals surface area contributed by atoms with Crippen LogP contribution in [0.1, 0.15) is 0 Å². The smallest absolute Gasteiger partial charge is 0.0606 e. The van der Waals surface area contributed by atoms with Gasteiger partial charge < -0.3 is 10.0 Å².